The predicted molar refractivity (Wildman–Crippen MR) is 60.2 cm³/mol. The van der Waals surface area contributed by atoms with Crippen molar-refractivity contribution in [2.24, 2.45) is 7.05 Å². The van der Waals surface area contributed by atoms with Crippen molar-refractivity contribution in [3.63, 3.8) is 0 Å². The molecule has 3 heteroatoms. The molecule has 0 amide bonds. The van der Waals surface area contributed by atoms with Gasteiger partial charge in [0.1, 0.15) is 0 Å². The van der Waals surface area contributed by atoms with Crippen LogP contribution in [0.25, 0.3) is 0 Å². The summed E-state index contributed by atoms with van der Waals surface area (Å²) in [4.78, 5) is 4.19. The zero-order valence-electron chi connectivity index (χ0n) is 7.94. The molecule has 1 heterocycles. The Morgan fingerprint density at radius 3 is 2.57 bits per heavy atom. The van der Waals surface area contributed by atoms with E-state index in [1.54, 1.807) is 0 Å². The lowest BCUT2D eigenvalue weighted by molar-refractivity contribution is 0.821. The molecule has 0 saturated carbocycles. The summed E-state index contributed by atoms with van der Waals surface area (Å²) in [5.41, 5.74) is 2.52. The Morgan fingerprint density at radius 2 is 2.00 bits per heavy atom. The van der Waals surface area contributed by atoms with Crippen LogP contribution in [0, 0.1) is 0 Å². The van der Waals surface area contributed by atoms with Gasteiger partial charge in [-0.25, -0.2) is 4.98 Å². The van der Waals surface area contributed by atoms with Crippen LogP contribution in [0.3, 0.4) is 0 Å². The lowest BCUT2D eigenvalue weighted by Crippen LogP contribution is -1.97. The Balaban J connectivity index is 2.23. The van der Waals surface area contributed by atoms with Gasteiger partial charge >= 0.3 is 0 Å². The molecule has 14 heavy (non-hydrogen) atoms. The van der Waals surface area contributed by atoms with Gasteiger partial charge < -0.3 is 4.57 Å². The van der Waals surface area contributed by atoms with Crippen molar-refractivity contribution in [1.82, 2.24) is 9.55 Å². The van der Waals surface area contributed by atoms with Gasteiger partial charge in [0.2, 0.25) is 0 Å². The highest BCUT2D eigenvalue weighted by Crippen LogP contribution is 2.13. The number of rotatable bonds is 2. The Hall–Kier alpha value is -1.09. The first-order chi connectivity index (χ1) is 6.77. The lowest BCUT2D eigenvalue weighted by Gasteiger charge is -2.02. The van der Waals surface area contributed by atoms with E-state index in [1.165, 1.54) is 11.3 Å². The fourth-order valence-electron chi connectivity index (χ4n) is 1.39. The van der Waals surface area contributed by atoms with Crippen LogP contribution in [0.2, 0.25) is 0 Å². The molecule has 2 aromatic rings. The molecule has 0 radical (unpaired) electrons. The Labute approximate surface area is 91.7 Å². The number of hydrogen-bond acceptors (Lipinski definition) is 1. The summed E-state index contributed by atoms with van der Waals surface area (Å²) in [7, 11) is 2.01. The zero-order chi connectivity index (χ0) is 9.97. The van der Waals surface area contributed by atoms with Crippen molar-refractivity contribution in [2.45, 2.75) is 6.42 Å². The maximum absolute atomic E-state index is 4.19. The molecule has 2 rings (SSSR count). The van der Waals surface area contributed by atoms with E-state index >= 15 is 0 Å². The van der Waals surface area contributed by atoms with E-state index < -0.39 is 0 Å². The maximum Gasteiger partial charge on any atom is 0.177 e. The van der Waals surface area contributed by atoms with E-state index in [9.17, 15) is 0 Å². The smallest absolute Gasteiger partial charge is 0.177 e. The van der Waals surface area contributed by atoms with Gasteiger partial charge in [0.15, 0.2) is 4.73 Å². The van der Waals surface area contributed by atoms with E-state index in [-0.39, 0.29) is 0 Å². The summed E-state index contributed by atoms with van der Waals surface area (Å²) in [6, 6.07) is 10.4. The fourth-order valence-corrected chi connectivity index (χ4v) is 1.72. The van der Waals surface area contributed by atoms with Gasteiger partial charge in [0, 0.05) is 25.4 Å². The van der Waals surface area contributed by atoms with Crippen LogP contribution in [0.1, 0.15) is 11.3 Å². The van der Waals surface area contributed by atoms with E-state index in [1.807, 2.05) is 23.9 Å². The fraction of sp³-hybridized carbons (Fsp3) is 0.182. The van der Waals surface area contributed by atoms with Crippen molar-refractivity contribution >= 4 is 15.9 Å². The molecular formula is C11H11BrN2. The largest absolute Gasteiger partial charge is 0.325 e. The molecular weight excluding hydrogens is 240 g/mol. The lowest BCUT2D eigenvalue weighted by atomic mass is 10.1. The number of aromatic nitrogens is 2. The standard InChI is InChI=1S/C11H11BrN2/c1-14-10(8-13-11(14)12)7-9-5-3-2-4-6-9/h2-6,8H,7H2,1H3. The first-order valence-corrected chi connectivity index (χ1v) is 5.26. The van der Waals surface area contributed by atoms with Gasteiger partial charge in [-0.3, -0.25) is 0 Å². The average molecular weight is 251 g/mol. The Morgan fingerprint density at radius 1 is 1.29 bits per heavy atom. The molecule has 0 bridgehead atoms. The molecule has 0 aliphatic carbocycles. The van der Waals surface area contributed by atoms with Crippen LogP contribution in [0.15, 0.2) is 41.3 Å². The van der Waals surface area contributed by atoms with Gasteiger partial charge in [-0.1, -0.05) is 30.3 Å². The number of hydrogen-bond donors (Lipinski definition) is 0. The molecule has 0 N–H and O–H groups in total. The van der Waals surface area contributed by atoms with E-state index in [0.29, 0.717) is 0 Å². The highest BCUT2D eigenvalue weighted by Gasteiger charge is 2.03. The molecule has 0 aliphatic heterocycles. The van der Waals surface area contributed by atoms with Crippen molar-refractivity contribution in [2.75, 3.05) is 0 Å². The van der Waals surface area contributed by atoms with Crippen LogP contribution < -0.4 is 0 Å². The number of benzene rings is 1. The van der Waals surface area contributed by atoms with Gasteiger partial charge in [-0.15, -0.1) is 0 Å². The second-order valence-electron chi connectivity index (χ2n) is 3.24. The third-order valence-electron chi connectivity index (χ3n) is 2.26. The van der Waals surface area contributed by atoms with Crippen LogP contribution in [-0.4, -0.2) is 9.55 Å². The minimum absolute atomic E-state index is 0.878. The van der Waals surface area contributed by atoms with Crippen LogP contribution in [0.5, 0.6) is 0 Å². The minimum Gasteiger partial charge on any atom is -0.325 e. The Bertz CT molecular complexity index is 420. The Kier molecular flexibility index (Phi) is 2.68. The molecule has 0 aliphatic rings. The van der Waals surface area contributed by atoms with Crippen molar-refractivity contribution in [3.05, 3.63) is 52.5 Å². The molecule has 72 valence electrons. The topological polar surface area (TPSA) is 17.8 Å². The summed E-state index contributed by atoms with van der Waals surface area (Å²) < 4.78 is 2.93. The molecule has 1 aromatic carbocycles. The third kappa shape index (κ3) is 1.87. The van der Waals surface area contributed by atoms with Crippen molar-refractivity contribution < 1.29 is 0 Å². The zero-order valence-corrected chi connectivity index (χ0v) is 9.53. The molecule has 2 nitrogen and oxygen atoms in total. The van der Waals surface area contributed by atoms with Crippen LogP contribution in [0.4, 0.5) is 0 Å². The summed E-state index contributed by atoms with van der Waals surface area (Å²) in [6.07, 6.45) is 2.83. The second kappa shape index (κ2) is 3.96. The van der Waals surface area contributed by atoms with Gasteiger partial charge in [0.25, 0.3) is 0 Å². The summed E-state index contributed by atoms with van der Waals surface area (Å²) in [5, 5.41) is 0. The van der Waals surface area contributed by atoms with E-state index in [2.05, 4.69) is 45.2 Å². The monoisotopic (exact) mass is 250 g/mol. The summed E-state index contributed by atoms with van der Waals surface area (Å²) >= 11 is 3.38. The summed E-state index contributed by atoms with van der Waals surface area (Å²) in [6.45, 7) is 0. The normalized spacial score (nSPS) is 10.4. The molecule has 0 atom stereocenters. The van der Waals surface area contributed by atoms with Crippen molar-refractivity contribution in [1.29, 1.82) is 0 Å². The third-order valence-corrected chi connectivity index (χ3v) is 2.99. The molecule has 0 spiro atoms. The van der Waals surface area contributed by atoms with Crippen molar-refractivity contribution in [3.8, 4) is 0 Å². The number of imidazole rings is 1. The first-order valence-electron chi connectivity index (χ1n) is 4.47. The van der Waals surface area contributed by atoms with Gasteiger partial charge in [-0.2, -0.15) is 0 Å². The minimum atomic E-state index is 0.878. The highest BCUT2D eigenvalue weighted by atomic mass is 79.9. The van der Waals surface area contributed by atoms with Crippen LogP contribution in [-0.2, 0) is 13.5 Å². The SMILES string of the molecule is Cn1c(Cc2ccccc2)cnc1Br. The quantitative estimate of drug-likeness (QED) is 0.802. The van der Waals surface area contributed by atoms with E-state index in [0.717, 1.165) is 11.2 Å². The molecule has 0 fully saturated rings. The van der Waals surface area contributed by atoms with Crippen LogP contribution >= 0.6 is 15.9 Å². The van der Waals surface area contributed by atoms with Gasteiger partial charge in [0.05, 0.1) is 0 Å². The number of nitrogens with zero attached hydrogens (tertiary/aromatic N) is 2. The second-order valence-corrected chi connectivity index (χ2v) is 3.95. The molecule has 1 aromatic heterocycles. The van der Waals surface area contributed by atoms with E-state index in [4.69, 9.17) is 0 Å². The first kappa shape index (κ1) is 9.46. The maximum atomic E-state index is 4.19. The number of halogens is 1. The molecule has 0 unspecified atom stereocenters. The summed E-state index contributed by atoms with van der Waals surface area (Å²) in [5.74, 6) is 0. The average Bonchev–Trinajstić information content (AvgIpc) is 2.52. The highest BCUT2D eigenvalue weighted by molar-refractivity contribution is 9.10. The predicted octanol–water partition coefficient (Wildman–Crippen LogP) is 2.77. The molecule has 0 saturated heterocycles. The van der Waals surface area contributed by atoms with Gasteiger partial charge in [-0.05, 0) is 21.5 Å².